The second-order valence-corrected chi connectivity index (χ2v) is 11.5. The number of hydrogen-bond donors (Lipinski definition) is 3. The standard InChI is InChI=1S/C33H33N5O4/c1-33(2,3)38(32(41)42)29(23-8-5-4-6-9-23)31(40)37-17-7-10-28(37)30(39)35-25-14-12-22(13-15-25)27-19-24-18-21(20-34)11-16-26(24)36-27/h4-6,8-9,11-16,18-19,28-29,36H,7,10,17H2,1-3H3,(H,35,39)(H,41,42)/t28-,29-/m0/s1. The van der Waals surface area contributed by atoms with Gasteiger partial charge in [-0.2, -0.15) is 5.26 Å². The van der Waals surface area contributed by atoms with Crippen molar-refractivity contribution < 1.29 is 19.5 Å². The Balaban J connectivity index is 1.35. The molecule has 3 aromatic carbocycles. The van der Waals surface area contributed by atoms with Gasteiger partial charge in [0.05, 0.1) is 11.6 Å². The number of amides is 3. The smallest absolute Gasteiger partial charge is 0.408 e. The quantitative estimate of drug-likeness (QED) is 0.259. The first-order chi connectivity index (χ1) is 20.1. The van der Waals surface area contributed by atoms with Crippen molar-refractivity contribution in [2.75, 3.05) is 11.9 Å². The molecule has 5 rings (SSSR count). The largest absolute Gasteiger partial charge is 0.465 e. The van der Waals surface area contributed by atoms with Gasteiger partial charge in [-0.15, -0.1) is 0 Å². The van der Waals surface area contributed by atoms with Gasteiger partial charge in [0.15, 0.2) is 0 Å². The molecule has 214 valence electrons. The van der Waals surface area contributed by atoms with E-state index in [4.69, 9.17) is 5.26 Å². The van der Waals surface area contributed by atoms with Crippen molar-refractivity contribution in [2.24, 2.45) is 0 Å². The number of fused-ring (bicyclic) bond motifs is 1. The van der Waals surface area contributed by atoms with Crippen molar-refractivity contribution in [3.63, 3.8) is 0 Å². The Bertz CT molecular complexity index is 1660. The predicted molar refractivity (Wildman–Crippen MR) is 161 cm³/mol. The number of aromatic nitrogens is 1. The first kappa shape index (κ1) is 28.4. The Morgan fingerprint density at radius 1 is 1.05 bits per heavy atom. The van der Waals surface area contributed by atoms with Crippen molar-refractivity contribution in [3.8, 4) is 17.3 Å². The molecule has 0 saturated carbocycles. The van der Waals surface area contributed by atoms with Gasteiger partial charge in [0.2, 0.25) is 5.91 Å². The topological polar surface area (TPSA) is 130 Å². The lowest BCUT2D eigenvalue weighted by molar-refractivity contribution is -0.142. The van der Waals surface area contributed by atoms with Crippen molar-refractivity contribution in [2.45, 2.75) is 51.2 Å². The molecule has 9 heteroatoms. The second kappa shape index (κ2) is 11.4. The van der Waals surface area contributed by atoms with Gasteiger partial charge in [0.1, 0.15) is 12.1 Å². The molecule has 3 N–H and O–H groups in total. The zero-order chi connectivity index (χ0) is 30.0. The predicted octanol–water partition coefficient (Wildman–Crippen LogP) is 6.16. The van der Waals surface area contributed by atoms with Crippen LogP contribution in [0.5, 0.6) is 0 Å². The molecule has 0 aliphatic carbocycles. The summed E-state index contributed by atoms with van der Waals surface area (Å²) < 4.78 is 0. The van der Waals surface area contributed by atoms with Crippen LogP contribution in [0.4, 0.5) is 10.5 Å². The molecule has 9 nitrogen and oxygen atoms in total. The van der Waals surface area contributed by atoms with Gasteiger partial charge >= 0.3 is 6.09 Å². The van der Waals surface area contributed by atoms with Gasteiger partial charge < -0.3 is 20.3 Å². The molecule has 2 atom stereocenters. The van der Waals surface area contributed by atoms with Gasteiger partial charge in [-0.3, -0.25) is 14.5 Å². The van der Waals surface area contributed by atoms with Crippen LogP contribution in [0, 0.1) is 11.3 Å². The van der Waals surface area contributed by atoms with E-state index in [1.165, 1.54) is 9.80 Å². The van der Waals surface area contributed by atoms with Crippen molar-refractivity contribution in [1.82, 2.24) is 14.8 Å². The summed E-state index contributed by atoms with van der Waals surface area (Å²) in [5, 5.41) is 23.2. The monoisotopic (exact) mass is 563 g/mol. The maximum Gasteiger partial charge on any atom is 0.408 e. The van der Waals surface area contributed by atoms with E-state index in [-0.39, 0.29) is 5.91 Å². The zero-order valence-electron chi connectivity index (χ0n) is 23.8. The lowest BCUT2D eigenvalue weighted by atomic mass is 9.97. The molecular weight excluding hydrogens is 530 g/mol. The molecule has 1 aromatic heterocycles. The molecule has 2 heterocycles. The molecule has 0 bridgehead atoms. The molecule has 0 unspecified atom stereocenters. The molecule has 1 fully saturated rings. The summed E-state index contributed by atoms with van der Waals surface area (Å²) in [6, 6.07) is 24.0. The summed E-state index contributed by atoms with van der Waals surface area (Å²) in [4.78, 5) is 45.9. The Hall–Kier alpha value is -5.10. The van der Waals surface area contributed by atoms with Crippen LogP contribution in [0.15, 0.2) is 78.9 Å². The van der Waals surface area contributed by atoms with E-state index in [0.29, 0.717) is 36.2 Å². The number of nitriles is 1. The second-order valence-electron chi connectivity index (χ2n) is 11.5. The van der Waals surface area contributed by atoms with Gasteiger partial charge in [0, 0.05) is 34.4 Å². The fraction of sp³-hybridized carbons (Fsp3) is 0.273. The van der Waals surface area contributed by atoms with E-state index >= 15 is 0 Å². The van der Waals surface area contributed by atoms with Crippen LogP contribution >= 0.6 is 0 Å². The van der Waals surface area contributed by atoms with Gasteiger partial charge in [-0.05, 0) is 81.1 Å². The molecule has 1 aliphatic heterocycles. The molecular formula is C33H33N5O4. The third kappa shape index (κ3) is 5.70. The number of rotatable bonds is 6. The number of anilines is 1. The molecule has 1 aliphatic rings. The normalized spacial score (nSPS) is 15.7. The molecule has 42 heavy (non-hydrogen) atoms. The maximum atomic E-state index is 14.0. The first-order valence-electron chi connectivity index (χ1n) is 13.9. The SMILES string of the molecule is CC(C)(C)N(C(=O)O)[C@H](C(=O)N1CCC[C@H]1C(=O)Nc1ccc(-c2cc3cc(C#N)ccc3[nH]2)cc1)c1ccccc1. The number of H-pyrrole nitrogens is 1. The molecule has 1 saturated heterocycles. The molecule has 4 aromatic rings. The minimum absolute atomic E-state index is 0.312. The number of carboxylic acid groups (broad SMARTS) is 1. The summed E-state index contributed by atoms with van der Waals surface area (Å²) >= 11 is 0. The van der Waals surface area contributed by atoms with E-state index < -0.39 is 29.6 Å². The Morgan fingerprint density at radius 3 is 2.40 bits per heavy atom. The van der Waals surface area contributed by atoms with Crippen molar-refractivity contribution >= 4 is 34.5 Å². The van der Waals surface area contributed by atoms with E-state index in [1.54, 1.807) is 63.2 Å². The summed E-state index contributed by atoms with van der Waals surface area (Å²) in [6.45, 7) is 5.62. The maximum absolute atomic E-state index is 14.0. The van der Waals surface area contributed by atoms with Gasteiger partial charge in [0.25, 0.3) is 5.91 Å². The number of hydrogen-bond acceptors (Lipinski definition) is 4. The minimum atomic E-state index is -1.20. The third-order valence-electron chi connectivity index (χ3n) is 7.59. The highest BCUT2D eigenvalue weighted by Crippen LogP contribution is 2.33. The summed E-state index contributed by atoms with van der Waals surface area (Å²) in [5.41, 5.74) is 3.62. The summed E-state index contributed by atoms with van der Waals surface area (Å²) in [7, 11) is 0. The summed E-state index contributed by atoms with van der Waals surface area (Å²) in [5.74, 6) is -0.724. The fourth-order valence-electron chi connectivity index (χ4n) is 5.60. The Morgan fingerprint density at radius 2 is 1.76 bits per heavy atom. The van der Waals surface area contributed by atoms with Crippen LogP contribution in [0.25, 0.3) is 22.2 Å². The van der Waals surface area contributed by atoms with Crippen LogP contribution in [-0.4, -0.2) is 55.9 Å². The number of benzene rings is 3. The van der Waals surface area contributed by atoms with Crippen molar-refractivity contribution in [3.05, 3.63) is 90.0 Å². The number of nitrogens with one attached hydrogen (secondary N) is 2. The number of carbonyl (C=O) groups is 3. The fourth-order valence-corrected chi connectivity index (χ4v) is 5.60. The van der Waals surface area contributed by atoms with E-state index in [9.17, 15) is 19.5 Å². The average Bonchev–Trinajstić information content (AvgIpc) is 3.63. The lowest BCUT2D eigenvalue weighted by Crippen LogP contribution is -2.54. The van der Waals surface area contributed by atoms with Crippen molar-refractivity contribution in [1.29, 1.82) is 5.26 Å². The highest BCUT2D eigenvalue weighted by molar-refractivity contribution is 5.99. The van der Waals surface area contributed by atoms with Crippen LogP contribution < -0.4 is 5.32 Å². The average molecular weight is 564 g/mol. The number of aromatic amines is 1. The third-order valence-corrected chi connectivity index (χ3v) is 7.59. The van der Waals surface area contributed by atoms with Gasteiger partial charge in [-0.25, -0.2) is 4.79 Å². The molecule has 3 amide bonds. The summed E-state index contributed by atoms with van der Waals surface area (Å²) in [6.07, 6.45) is -0.0780. The minimum Gasteiger partial charge on any atom is -0.465 e. The van der Waals surface area contributed by atoms with E-state index in [1.807, 2.05) is 36.4 Å². The Labute approximate surface area is 244 Å². The van der Waals surface area contributed by atoms with Crippen LogP contribution in [-0.2, 0) is 9.59 Å². The number of carbonyl (C=O) groups excluding carboxylic acids is 2. The van der Waals surface area contributed by atoms with Crippen LogP contribution in [0.1, 0.15) is 50.8 Å². The van der Waals surface area contributed by atoms with E-state index in [0.717, 1.165) is 22.2 Å². The van der Waals surface area contributed by atoms with E-state index in [2.05, 4.69) is 16.4 Å². The highest BCUT2D eigenvalue weighted by atomic mass is 16.4. The number of likely N-dealkylation sites (tertiary alicyclic amines) is 1. The molecule has 0 spiro atoms. The highest BCUT2D eigenvalue weighted by Gasteiger charge is 2.44. The van der Waals surface area contributed by atoms with Crippen LogP contribution in [0.2, 0.25) is 0 Å². The van der Waals surface area contributed by atoms with Crippen LogP contribution in [0.3, 0.4) is 0 Å². The number of nitrogens with zero attached hydrogens (tertiary/aromatic N) is 3. The zero-order valence-corrected chi connectivity index (χ0v) is 23.8. The Kier molecular flexibility index (Phi) is 7.72. The van der Waals surface area contributed by atoms with Gasteiger partial charge in [-0.1, -0.05) is 42.5 Å². The molecule has 0 radical (unpaired) electrons. The lowest BCUT2D eigenvalue weighted by Gasteiger charge is -2.41. The first-order valence-corrected chi connectivity index (χ1v) is 13.9.